The lowest BCUT2D eigenvalue weighted by molar-refractivity contribution is 0.102. The maximum atomic E-state index is 12.1. The van der Waals surface area contributed by atoms with Gasteiger partial charge in [0.15, 0.2) is 15.5 Å². The zero-order chi connectivity index (χ0) is 15.6. The van der Waals surface area contributed by atoms with Crippen molar-refractivity contribution in [2.75, 3.05) is 17.3 Å². The number of nitrogens with one attached hydrogen (secondary N) is 1. The number of sulfone groups is 1. The quantitative estimate of drug-likeness (QED) is 0.897. The third-order valence-electron chi connectivity index (χ3n) is 2.94. The van der Waals surface area contributed by atoms with Crippen LogP contribution in [0.25, 0.3) is 0 Å². The van der Waals surface area contributed by atoms with Crippen LogP contribution in [0.2, 0.25) is 0 Å². The molecular weight excluding hydrogens is 290 g/mol. The highest BCUT2D eigenvalue weighted by atomic mass is 32.2. The van der Waals surface area contributed by atoms with Gasteiger partial charge in [0.05, 0.1) is 10.6 Å². The molecule has 0 radical (unpaired) electrons. The second kappa shape index (κ2) is 5.53. The highest BCUT2D eigenvalue weighted by Gasteiger charge is 2.14. The molecule has 6 nitrogen and oxygen atoms in total. The number of hydrogen-bond acceptors (Lipinski definition) is 5. The summed E-state index contributed by atoms with van der Waals surface area (Å²) in [7, 11) is -3.34. The van der Waals surface area contributed by atoms with Crippen molar-refractivity contribution >= 4 is 27.1 Å². The number of rotatable bonds is 3. The molecule has 0 unspecified atom stereocenters. The molecule has 0 spiro atoms. The Morgan fingerprint density at radius 2 is 2.00 bits per heavy atom. The van der Waals surface area contributed by atoms with Crippen LogP contribution in [0, 0.1) is 6.92 Å². The van der Waals surface area contributed by atoms with E-state index in [1.54, 1.807) is 25.1 Å². The van der Waals surface area contributed by atoms with Gasteiger partial charge in [-0.05, 0) is 36.8 Å². The number of carbonyl (C=O) groups excluding carboxylic acids is 1. The molecule has 0 atom stereocenters. The van der Waals surface area contributed by atoms with E-state index in [1.807, 2.05) is 0 Å². The van der Waals surface area contributed by atoms with E-state index in [4.69, 9.17) is 5.73 Å². The molecule has 2 aromatic rings. The summed E-state index contributed by atoms with van der Waals surface area (Å²) in [4.78, 5) is 16.2. The van der Waals surface area contributed by atoms with Gasteiger partial charge in [-0.25, -0.2) is 13.4 Å². The Kier molecular flexibility index (Phi) is 3.95. The second-order valence-electron chi connectivity index (χ2n) is 4.64. The van der Waals surface area contributed by atoms with Crippen molar-refractivity contribution in [1.82, 2.24) is 4.98 Å². The summed E-state index contributed by atoms with van der Waals surface area (Å²) in [6, 6.07) is 7.74. The Hall–Kier alpha value is -2.41. The van der Waals surface area contributed by atoms with Crippen molar-refractivity contribution in [3.8, 4) is 0 Å². The summed E-state index contributed by atoms with van der Waals surface area (Å²) in [5.41, 5.74) is 7.20. The minimum atomic E-state index is -3.34. The van der Waals surface area contributed by atoms with E-state index < -0.39 is 15.7 Å². The van der Waals surface area contributed by atoms with E-state index in [-0.39, 0.29) is 16.3 Å². The molecule has 21 heavy (non-hydrogen) atoms. The summed E-state index contributed by atoms with van der Waals surface area (Å²) in [5.74, 6) is -0.484. The molecule has 0 aliphatic heterocycles. The molecule has 110 valence electrons. The molecule has 0 fully saturated rings. The molecule has 1 aromatic carbocycles. The normalized spacial score (nSPS) is 11.1. The molecule has 1 heterocycles. The van der Waals surface area contributed by atoms with Crippen molar-refractivity contribution in [2.24, 2.45) is 0 Å². The molecule has 0 saturated heterocycles. The molecule has 7 heteroatoms. The van der Waals surface area contributed by atoms with Crippen LogP contribution >= 0.6 is 0 Å². The first kappa shape index (κ1) is 15.0. The van der Waals surface area contributed by atoms with Crippen molar-refractivity contribution in [1.29, 1.82) is 0 Å². The average molecular weight is 305 g/mol. The van der Waals surface area contributed by atoms with Crippen molar-refractivity contribution in [3.63, 3.8) is 0 Å². The standard InChI is InChI=1S/C14H15N3O3S/c1-9-5-6-10(21(2,19)20)8-12(9)17-14(18)13-11(15)4-3-7-16-13/h3-8H,15H2,1-2H3,(H,17,18). The van der Waals surface area contributed by atoms with Gasteiger partial charge in [-0.15, -0.1) is 0 Å². The third-order valence-corrected chi connectivity index (χ3v) is 4.05. The van der Waals surface area contributed by atoms with Gasteiger partial charge in [-0.1, -0.05) is 6.07 Å². The number of aromatic nitrogens is 1. The smallest absolute Gasteiger partial charge is 0.276 e. The van der Waals surface area contributed by atoms with Crippen molar-refractivity contribution < 1.29 is 13.2 Å². The van der Waals surface area contributed by atoms with Crippen LogP contribution in [0.5, 0.6) is 0 Å². The fourth-order valence-electron chi connectivity index (χ4n) is 1.76. The number of anilines is 2. The van der Waals surface area contributed by atoms with E-state index in [0.29, 0.717) is 5.69 Å². The van der Waals surface area contributed by atoms with Gasteiger partial charge in [0.25, 0.3) is 5.91 Å². The van der Waals surface area contributed by atoms with Crippen LogP contribution in [-0.4, -0.2) is 25.6 Å². The zero-order valence-electron chi connectivity index (χ0n) is 11.6. The first-order valence-electron chi connectivity index (χ1n) is 6.11. The fourth-order valence-corrected chi connectivity index (χ4v) is 2.40. The lowest BCUT2D eigenvalue weighted by atomic mass is 10.2. The number of pyridine rings is 1. The number of nitrogens with two attached hydrogens (primary N) is 1. The lowest BCUT2D eigenvalue weighted by Gasteiger charge is -2.10. The predicted octanol–water partition coefficient (Wildman–Crippen LogP) is 1.63. The lowest BCUT2D eigenvalue weighted by Crippen LogP contribution is -2.16. The largest absolute Gasteiger partial charge is 0.397 e. The van der Waals surface area contributed by atoms with Crippen LogP contribution < -0.4 is 11.1 Å². The number of carbonyl (C=O) groups is 1. The molecule has 3 N–H and O–H groups in total. The van der Waals surface area contributed by atoms with Gasteiger partial charge in [0.1, 0.15) is 0 Å². The van der Waals surface area contributed by atoms with Crippen molar-refractivity contribution in [3.05, 3.63) is 47.8 Å². The van der Waals surface area contributed by atoms with E-state index in [9.17, 15) is 13.2 Å². The highest BCUT2D eigenvalue weighted by Crippen LogP contribution is 2.21. The molecule has 1 amide bonds. The van der Waals surface area contributed by atoms with E-state index in [0.717, 1.165) is 11.8 Å². The number of aryl methyl sites for hydroxylation is 1. The fraction of sp³-hybridized carbons (Fsp3) is 0.143. The maximum Gasteiger partial charge on any atom is 0.276 e. The van der Waals surface area contributed by atoms with E-state index >= 15 is 0 Å². The predicted molar refractivity (Wildman–Crippen MR) is 80.9 cm³/mol. The average Bonchev–Trinajstić information content (AvgIpc) is 2.40. The van der Waals surface area contributed by atoms with Gasteiger partial charge >= 0.3 is 0 Å². The summed E-state index contributed by atoms with van der Waals surface area (Å²) in [6.07, 6.45) is 2.57. The molecule has 1 aromatic heterocycles. The van der Waals surface area contributed by atoms with Gasteiger partial charge in [0, 0.05) is 18.1 Å². The SMILES string of the molecule is Cc1ccc(S(C)(=O)=O)cc1NC(=O)c1ncccc1N. The highest BCUT2D eigenvalue weighted by molar-refractivity contribution is 7.90. The van der Waals surface area contributed by atoms with Gasteiger partial charge in [-0.3, -0.25) is 4.79 Å². The third kappa shape index (κ3) is 3.38. The van der Waals surface area contributed by atoms with Crippen LogP contribution in [0.4, 0.5) is 11.4 Å². The summed E-state index contributed by atoms with van der Waals surface area (Å²) < 4.78 is 23.1. The first-order valence-corrected chi connectivity index (χ1v) is 8.01. The number of amides is 1. The zero-order valence-corrected chi connectivity index (χ0v) is 12.4. The van der Waals surface area contributed by atoms with Crippen LogP contribution in [0.15, 0.2) is 41.4 Å². The molecular formula is C14H15N3O3S. The number of nitrogen functional groups attached to an aromatic ring is 1. The van der Waals surface area contributed by atoms with E-state index in [2.05, 4.69) is 10.3 Å². The van der Waals surface area contributed by atoms with Gasteiger partial charge in [-0.2, -0.15) is 0 Å². The topological polar surface area (TPSA) is 102 Å². The summed E-state index contributed by atoms with van der Waals surface area (Å²) >= 11 is 0. The maximum absolute atomic E-state index is 12.1. The first-order chi connectivity index (χ1) is 9.79. The second-order valence-corrected chi connectivity index (χ2v) is 6.66. The molecule has 0 aliphatic rings. The minimum absolute atomic E-state index is 0.0988. The van der Waals surface area contributed by atoms with Crippen LogP contribution in [-0.2, 0) is 9.84 Å². The van der Waals surface area contributed by atoms with Gasteiger partial charge < -0.3 is 11.1 Å². The summed E-state index contributed by atoms with van der Waals surface area (Å²) in [5, 5.41) is 2.63. The summed E-state index contributed by atoms with van der Waals surface area (Å²) in [6.45, 7) is 1.77. The van der Waals surface area contributed by atoms with Crippen LogP contribution in [0.3, 0.4) is 0 Å². The minimum Gasteiger partial charge on any atom is -0.397 e. The Morgan fingerprint density at radius 3 is 2.62 bits per heavy atom. The Bertz CT molecular complexity index is 801. The Balaban J connectivity index is 2.36. The monoisotopic (exact) mass is 305 g/mol. The number of nitrogens with zero attached hydrogens (tertiary/aromatic N) is 1. The Labute approximate surface area is 122 Å². The number of benzene rings is 1. The van der Waals surface area contributed by atoms with Gasteiger partial charge in [0.2, 0.25) is 0 Å². The molecule has 2 rings (SSSR count). The van der Waals surface area contributed by atoms with E-state index in [1.165, 1.54) is 18.3 Å². The Morgan fingerprint density at radius 1 is 1.29 bits per heavy atom. The van der Waals surface area contributed by atoms with Crippen LogP contribution in [0.1, 0.15) is 16.1 Å². The van der Waals surface area contributed by atoms with Crippen molar-refractivity contribution in [2.45, 2.75) is 11.8 Å². The number of hydrogen-bond donors (Lipinski definition) is 2. The molecule has 0 bridgehead atoms. The molecule has 0 saturated carbocycles. The molecule has 0 aliphatic carbocycles.